The number of carbonyl (C=O) groups is 3. The normalized spacial score (nSPS) is 32.5. The lowest BCUT2D eigenvalue weighted by atomic mass is 9.79. The molecule has 0 unspecified atom stereocenters. The van der Waals surface area contributed by atoms with E-state index in [9.17, 15) is 34.9 Å². The summed E-state index contributed by atoms with van der Waals surface area (Å²) in [5.41, 5.74) is 0.00868. The van der Waals surface area contributed by atoms with Gasteiger partial charge in [-0.2, -0.15) is 0 Å². The fourth-order valence-electron chi connectivity index (χ4n) is 5.51. The van der Waals surface area contributed by atoms with Gasteiger partial charge in [0.15, 0.2) is 5.84 Å². The van der Waals surface area contributed by atoms with E-state index in [4.69, 9.17) is 0 Å². The van der Waals surface area contributed by atoms with Crippen LogP contribution in [0.3, 0.4) is 0 Å². The number of amides is 3. The van der Waals surface area contributed by atoms with Crippen LogP contribution in [0.15, 0.2) is 15.8 Å². The van der Waals surface area contributed by atoms with Gasteiger partial charge in [-0.1, -0.05) is 12.1 Å². The molecule has 0 spiro atoms. The second-order valence-corrected chi connectivity index (χ2v) is 11.1. The number of aliphatic hydroxyl groups is 2. The number of fused-ring (bicyclic) bond motifs is 1. The molecule has 3 amide bonds. The van der Waals surface area contributed by atoms with E-state index in [1.807, 2.05) is 6.92 Å². The molecule has 194 valence electrons. The zero-order valence-corrected chi connectivity index (χ0v) is 20.6. The van der Waals surface area contributed by atoms with Crippen LogP contribution in [0, 0.1) is 11.8 Å². The Kier molecular flexibility index (Phi) is 7.60. The molecule has 12 nitrogen and oxygen atoms in total. The Bertz CT molecular complexity index is 933. The molecular formula is C22H33N5O7S. The van der Waals surface area contributed by atoms with E-state index < -0.39 is 24.1 Å². The van der Waals surface area contributed by atoms with Gasteiger partial charge in [0.2, 0.25) is 5.91 Å². The van der Waals surface area contributed by atoms with Crippen LogP contribution in [0.2, 0.25) is 0 Å². The quantitative estimate of drug-likeness (QED) is 0.0939. The minimum atomic E-state index is -1.15. The topological polar surface area (TPSA) is 175 Å². The largest absolute Gasteiger partial charge is 0.477 e. The number of piperidine rings is 1. The average Bonchev–Trinajstić information content (AvgIpc) is 3.34. The first-order valence-electron chi connectivity index (χ1n) is 12.0. The lowest BCUT2D eigenvalue weighted by molar-refractivity contribution is -0.163. The van der Waals surface area contributed by atoms with Crippen LogP contribution in [0.4, 0.5) is 4.79 Å². The second-order valence-electron chi connectivity index (χ2n) is 9.75. The van der Waals surface area contributed by atoms with Crippen molar-refractivity contribution in [1.82, 2.24) is 20.4 Å². The van der Waals surface area contributed by atoms with Crippen molar-refractivity contribution in [1.29, 1.82) is 0 Å². The summed E-state index contributed by atoms with van der Waals surface area (Å²) in [5.74, 6) is -2.15. The lowest BCUT2D eigenvalue weighted by Crippen LogP contribution is -2.63. The molecule has 4 aliphatic rings. The Morgan fingerprint density at radius 1 is 1.31 bits per heavy atom. The van der Waals surface area contributed by atoms with Crippen LogP contribution in [-0.4, -0.2) is 103 Å². The van der Waals surface area contributed by atoms with Gasteiger partial charge in [-0.3, -0.25) is 10.1 Å². The molecule has 0 radical (unpaired) electrons. The highest BCUT2D eigenvalue weighted by molar-refractivity contribution is 8.03. The van der Waals surface area contributed by atoms with E-state index >= 15 is 0 Å². The SMILES string of the molecule is C[C@@H](O)[C@@H]1C(=O)N2C(C(=O)O)=C(S[C@@H]3CN[C@H](C/C(=N/O)NC(=O)N4CCC(O)CC4)C3)[C@H](C)[C@H]12. The van der Waals surface area contributed by atoms with Crippen LogP contribution in [-0.2, 0) is 9.59 Å². The third-order valence-electron chi connectivity index (χ3n) is 7.35. The van der Waals surface area contributed by atoms with Gasteiger partial charge >= 0.3 is 12.0 Å². The van der Waals surface area contributed by atoms with Gasteiger partial charge in [0.25, 0.3) is 0 Å². The van der Waals surface area contributed by atoms with Crippen molar-refractivity contribution < 1.29 is 34.9 Å². The van der Waals surface area contributed by atoms with Gasteiger partial charge in [0.1, 0.15) is 5.70 Å². The van der Waals surface area contributed by atoms with Crippen molar-refractivity contribution in [2.24, 2.45) is 17.0 Å². The summed E-state index contributed by atoms with van der Waals surface area (Å²) >= 11 is 1.44. The highest BCUT2D eigenvalue weighted by atomic mass is 32.2. The number of β-lactam (4-membered cyclic amide) rings is 1. The molecule has 0 saturated carbocycles. The summed E-state index contributed by atoms with van der Waals surface area (Å²) in [6.45, 7) is 4.90. The number of urea groups is 1. The first kappa shape index (κ1) is 25.7. The smallest absolute Gasteiger partial charge is 0.353 e. The number of nitrogens with zero attached hydrogens (tertiary/aromatic N) is 3. The summed E-state index contributed by atoms with van der Waals surface area (Å²) in [7, 11) is 0. The molecule has 4 heterocycles. The maximum Gasteiger partial charge on any atom is 0.353 e. The van der Waals surface area contributed by atoms with Crippen LogP contribution >= 0.6 is 11.8 Å². The minimum absolute atomic E-state index is 0.00868. The maximum atomic E-state index is 12.5. The predicted octanol–water partition coefficient (Wildman–Crippen LogP) is -0.0521. The molecule has 35 heavy (non-hydrogen) atoms. The van der Waals surface area contributed by atoms with Gasteiger partial charge in [-0.25, -0.2) is 9.59 Å². The Labute approximate surface area is 207 Å². The molecule has 3 fully saturated rings. The Hall–Kier alpha value is -2.35. The summed E-state index contributed by atoms with van der Waals surface area (Å²) in [5, 5.41) is 48.1. The number of rotatable bonds is 6. The van der Waals surface area contributed by atoms with Crippen LogP contribution < -0.4 is 10.6 Å². The summed E-state index contributed by atoms with van der Waals surface area (Å²) in [4.78, 5) is 40.5. The number of thioether (sulfide) groups is 1. The molecular weight excluding hydrogens is 478 g/mol. The monoisotopic (exact) mass is 511 g/mol. The van der Waals surface area contributed by atoms with Gasteiger partial charge in [0, 0.05) is 48.2 Å². The van der Waals surface area contributed by atoms with Gasteiger partial charge < -0.3 is 35.6 Å². The van der Waals surface area contributed by atoms with E-state index in [1.54, 1.807) is 11.8 Å². The zero-order valence-electron chi connectivity index (χ0n) is 19.8. The maximum absolute atomic E-state index is 12.5. The van der Waals surface area contributed by atoms with E-state index in [2.05, 4.69) is 15.8 Å². The molecule has 0 aromatic carbocycles. The third kappa shape index (κ3) is 4.99. The predicted molar refractivity (Wildman–Crippen MR) is 127 cm³/mol. The van der Waals surface area contributed by atoms with Crippen LogP contribution in [0.25, 0.3) is 0 Å². The number of carboxylic acids is 1. The van der Waals surface area contributed by atoms with Gasteiger partial charge in [0.05, 0.1) is 24.2 Å². The second kappa shape index (κ2) is 10.3. The number of likely N-dealkylation sites (tertiary alicyclic amines) is 1. The fraction of sp³-hybridized carbons (Fsp3) is 0.727. The van der Waals surface area contributed by atoms with Crippen LogP contribution in [0.5, 0.6) is 0 Å². The standard InChI is InChI=1S/C22H33N5O7S/c1-10-17-16(11(2)28)20(30)27(17)18(21(31)32)19(10)35-14-7-12(23-9-14)8-15(25-34)24-22(33)26-5-3-13(29)4-6-26/h10-14,16-17,23,28-29,34H,3-9H2,1-2H3,(H,31,32)(H,24,25,33)/t10-,11-,12+,14+,16+,17-/m1/s1. The number of hydrogen-bond acceptors (Lipinski definition) is 9. The number of amidine groups is 1. The Balaban J connectivity index is 1.34. The molecule has 6 atom stereocenters. The zero-order chi connectivity index (χ0) is 25.4. The summed E-state index contributed by atoms with van der Waals surface area (Å²) < 4.78 is 0. The van der Waals surface area contributed by atoms with Crippen molar-refractivity contribution in [2.75, 3.05) is 19.6 Å². The molecule has 6 N–H and O–H groups in total. The highest BCUT2D eigenvalue weighted by Crippen LogP contribution is 2.51. The van der Waals surface area contributed by atoms with E-state index in [1.165, 1.54) is 16.7 Å². The lowest BCUT2D eigenvalue weighted by Gasteiger charge is -2.46. The van der Waals surface area contributed by atoms with Crippen molar-refractivity contribution in [3.8, 4) is 0 Å². The van der Waals surface area contributed by atoms with Gasteiger partial charge in [-0.05, 0) is 26.2 Å². The Morgan fingerprint density at radius 2 is 2.00 bits per heavy atom. The van der Waals surface area contributed by atoms with Crippen molar-refractivity contribution in [3.63, 3.8) is 0 Å². The molecule has 0 aliphatic carbocycles. The summed E-state index contributed by atoms with van der Waals surface area (Å²) in [6.07, 6.45) is 0.714. The fourth-order valence-corrected chi connectivity index (χ4v) is 7.03. The van der Waals surface area contributed by atoms with Crippen LogP contribution in [0.1, 0.15) is 39.5 Å². The number of oxime groups is 1. The number of hydrogen-bond donors (Lipinski definition) is 6. The molecule has 13 heteroatoms. The van der Waals surface area contributed by atoms with Crippen molar-refractivity contribution in [3.05, 3.63) is 10.6 Å². The number of nitrogens with one attached hydrogen (secondary N) is 2. The molecule has 0 bridgehead atoms. The minimum Gasteiger partial charge on any atom is -0.477 e. The molecule has 3 saturated heterocycles. The first-order valence-corrected chi connectivity index (χ1v) is 12.8. The van der Waals surface area contributed by atoms with Gasteiger partial charge in [-0.15, -0.1) is 11.8 Å². The average molecular weight is 512 g/mol. The number of carbonyl (C=O) groups excluding carboxylic acids is 2. The molecule has 0 aromatic rings. The summed E-state index contributed by atoms with van der Waals surface area (Å²) in [6, 6.07) is -0.802. The van der Waals surface area contributed by atoms with Crippen molar-refractivity contribution >= 4 is 35.5 Å². The third-order valence-corrected chi connectivity index (χ3v) is 8.86. The van der Waals surface area contributed by atoms with E-state index in [0.717, 1.165) is 0 Å². The molecule has 4 rings (SSSR count). The number of aliphatic hydroxyl groups excluding tert-OH is 2. The first-order chi connectivity index (χ1) is 16.6. The molecule has 0 aromatic heterocycles. The molecule has 4 aliphatic heterocycles. The van der Waals surface area contributed by atoms with E-state index in [0.29, 0.717) is 43.8 Å². The number of carboxylic acid groups (broad SMARTS) is 1. The highest BCUT2D eigenvalue weighted by Gasteiger charge is 2.60. The Morgan fingerprint density at radius 3 is 2.60 bits per heavy atom. The van der Waals surface area contributed by atoms with Crippen molar-refractivity contribution in [2.45, 2.75) is 69.1 Å². The van der Waals surface area contributed by atoms with E-state index in [-0.39, 0.29) is 53.1 Å². The number of aliphatic carboxylic acids is 1.